The van der Waals surface area contributed by atoms with Gasteiger partial charge in [0.15, 0.2) is 0 Å². The summed E-state index contributed by atoms with van der Waals surface area (Å²) in [7, 11) is 0. The van der Waals surface area contributed by atoms with Crippen LogP contribution in [0.1, 0.15) is 22.3 Å². The fraction of sp³-hybridized carbons (Fsp3) is 0.294. The van der Waals surface area contributed by atoms with Crippen molar-refractivity contribution in [3.63, 3.8) is 0 Å². The first-order valence-corrected chi connectivity index (χ1v) is 14.6. The largest absolute Gasteiger partial charge is 0.374 e. The van der Waals surface area contributed by atoms with Gasteiger partial charge in [-0.15, -0.1) is 0 Å². The maximum absolute atomic E-state index is 6.62. The van der Waals surface area contributed by atoms with E-state index in [-0.39, 0.29) is 6.10 Å². The summed E-state index contributed by atoms with van der Waals surface area (Å²) >= 11 is 3.76. The maximum Gasteiger partial charge on any atom is 0.141 e. The summed E-state index contributed by atoms with van der Waals surface area (Å²) in [5.41, 5.74) is 4.35. The van der Waals surface area contributed by atoms with Crippen LogP contribution in [0.25, 0.3) is 0 Å². The van der Waals surface area contributed by atoms with Crippen LogP contribution in [0, 0.1) is 0 Å². The first-order valence-electron chi connectivity index (χ1n) is 13.6. The highest BCUT2D eigenvalue weighted by atomic mass is 79.9. The van der Waals surface area contributed by atoms with E-state index in [1.165, 1.54) is 0 Å². The Hall–Kier alpha value is -2.84. The van der Waals surface area contributed by atoms with Crippen molar-refractivity contribution in [1.82, 2.24) is 0 Å². The van der Waals surface area contributed by atoms with Crippen molar-refractivity contribution in [3.8, 4) is 0 Å². The maximum atomic E-state index is 6.62. The van der Waals surface area contributed by atoms with Gasteiger partial charge in [0, 0.05) is 0 Å². The Morgan fingerprint density at radius 1 is 0.475 bits per heavy atom. The summed E-state index contributed by atoms with van der Waals surface area (Å²) < 4.78 is 32.3. The van der Waals surface area contributed by atoms with Gasteiger partial charge in [0.1, 0.15) is 29.4 Å². The molecule has 3 unspecified atom stereocenters. The van der Waals surface area contributed by atoms with Crippen LogP contribution < -0.4 is 0 Å². The Balaban J connectivity index is 1.36. The average molecular weight is 604 g/mol. The molecule has 1 heterocycles. The molecule has 5 nitrogen and oxygen atoms in total. The third-order valence-electron chi connectivity index (χ3n) is 6.83. The van der Waals surface area contributed by atoms with Gasteiger partial charge in [0.05, 0.1) is 33.0 Å². The number of rotatable bonds is 13. The lowest BCUT2D eigenvalue weighted by molar-refractivity contribution is -0.253. The number of ether oxygens (including phenoxy) is 5. The van der Waals surface area contributed by atoms with Crippen LogP contribution in [0.4, 0.5) is 0 Å². The quantitative estimate of drug-likeness (QED) is 0.153. The molecular weight excluding hydrogens is 568 g/mol. The summed E-state index contributed by atoms with van der Waals surface area (Å²) in [6.07, 6.45) is -1.60. The fourth-order valence-electron chi connectivity index (χ4n) is 4.73. The number of benzene rings is 4. The molecule has 0 amide bonds. The average Bonchev–Trinajstić information content (AvgIpc) is 3.01. The molecule has 5 rings (SSSR count). The lowest BCUT2D eigenvalue weighted by atomic mass is 9.99. The Morgan fingerprint density at radius 3 is 1.30 bits per heavy atom. The van der Waals surface area contributed by atoms with Gasteiger partial charge in [-0.05, 0) is 22.3 Å². The Kier molecular flexibility index (Phi) is 10.9. The molecule has 6 heteroatoms. The zero-order valence-corrected chi connectivity index (χ0v) is 24.0. The van der Waals surface area contributed by atoms with Crippen molar-refractivity contribution in [3.05, 3.63) is 144 Å². The molecule has 0 spiro atoms. The second kappa shape index (κ2) is 15.2. The smallest absolute Gasteiger partial charge is 0.141 e. The summed E-state index contributed by atoms with van der Waals surface area (Å²) in [6.45, 7) is 2.13. The van der Waals surface area contributed by atoms with E-state index in [9.17, 15) is 0 Å². The van der Waals surface area contributed by atoms with Gasteiger partial charge in [0.2, 0.25) is 0 Å². The summed E-state index contributed by atoms with van der Waals surface area (Å²) in [5, 5.41) is -0.404. The monoisotopic (exact) mass is 602 g/mol. The zero-order valence-electron chi connectivity index (χ0n) is 22.4. The van der Waals surface area contributed by atoms with E-state index < -0.39 is 23.3 Å². The molecule has 5 atom stereocenters. The minimum atomic E-state index is -0.422. The van der Waals surface area contributed by atoms with E-state index in [1.807, 2.05) is 72.8 Å². The predicted molar refractivity (Wildman–Crippen MR) is 159 cm³/mol. The van der Waals surface area contributed by atoms with E-state index in [2.05, 4.69) is 64.5 Å². The molecule has 1 saturated heterocycles. The van der Waals surface area contributed by atoms with Gasteiger partial charge < -0.3 is 23.7 Å². The molecule has 4 aromatic rings. The molecule has 40 heavy (non-hydrogen) atoms. The SMILES string of the molecule is BrC1OC(COCc2ccccc2)[C@@H](OCc2ccccc2)[C@@H](OCc2ccccc2)C1OCc1ccccc1. The molecule has 0 aromatic heterocycles. The van der Waals surface area contributed by atoms with Gasteiger partial charge in [-0.25, -0.2) is 0 Å². The molecule has 0 saturated carbocycles. The molecule has 0 N–H and O–H groups in total. The van der Waals surface area contributed by atoms with Crippen LogP contribution in [-0.4, -0.2) is 36.0 Å². The molecule has 1 aliphatic heterocycles. The van der Waals surface area contributed by atoms with Crippen LogP contribution >= 0.6 is 15.9 Å². The summed E-state index contributed by atoms with van der Waals surface area (Å²) in [5.74, 6) is 0. The predicted octanol–water partition coefficient (Wildman–Crippen LogP) is 7.08. The van der Waals surface area contributed by atoms with Gasteiger partial charge in [-0.2, -0.15) is 0 Å². The topological polar surface area (TPSA) is 46.2 Å². The number of hydrogen-bond acceptors (Lipinski definition) is 5. The van der Waals surface area contributed by atoms with Crippen LogP contribution in [0.15, 0.2) is 121 Å². The molecule has 1 fully saturated rings. The highest BCUT2D eigenvalue weighted by Gasteiger charge is 2.47. The van der Waals surface area contributed by atoms with Crippen LogP contribution in [0.3, 0.4) is 0 Å². The molecular formula is C34H35BrO5. The van der Waals surface area contributed by atoms with Crippen molar-refractivity contribution < 1.29 is 23.7 Å². The molecule has 208 valence electrons. The number of alkyl halides is 1. The van der Waals surface area contributed by atoms with E-state index in [4.69, 9.17) is 23.7 Å². The van der Waals surface area contributed by atoms with Crippen molar-refractivity contribution >= 4 is 15.9 Å². The van der Waals surface area contributed by atoms with Gasteiger partial charge >= 0.3 is 0 Å². The fourth-order valence-corrected chi connectivity index (χ4v) is 5.46. The Labute approximate surface area is 245 Å². The Bertz CT molecular complexity index is 1240. The molecule has 0 aliphatic carbocycles. The second-order valence-corrected chi connectivity index (χ2v) is 10.7. The van der Waals surface area contributed by atoms with Crippen molar-refractivity contribution in [1.29, 1.82) is 0 Å². The van der Waals surface area contributed by atoms with Crippen molar-refractivity contribution in [2.24, 2.45) is 0 Å². The molecule has 1 aliphatic rings. The summed E-state index contributed by atoms with van der Waals surface area (Å²) in [6, 6.07) is 40.6. The minimum absolute atomic E-state index is 0.354. The first kappa shape index (κ1) is 28.7. The molecule has 0 bridgehead atoms. The van der Waals surface area contributed by atoms with Gasteiger partial charge in [-0.1, -0.05) is 137 Å². The second-order valence-electron chi connectivity index (χ2n) is 9.81. The van der Waals surface area contributed by atoms with Crippen molar-refractivity contribution in [2.75, 3.05) is 6.61 Å². The molecule has 0 radical (unpaired) electrons. The normalized spacial score (nSPS) is 22.7. The van der Waals surface area contributed by atoms with Gasteiger partial charge in [0.25, 0.3) is 0 Å². The number of hydrogen-bond donors (Lipinski definition) is 0. The van der Waals surface area contributed by atoms with Crippen LogP contribution in [0.5, 0.6) is 0 Å². The van der Waals surface area contributed by atoms with Gasteiger partial charge in [-0.3, -0.25) is 0 Å². The van der Waals surface area contributed by atoms with E-state index in [1.54, 1.807) is 0 Å². The number of halogens is 1. The van der Waals surface area contributed by atoms with Crippen LogP contribution in [0.2, 0.25) is 0 Å². The third kappa shape index (κ3) is 8.33. The first-order chi connectivity index (χ1) is 19.8. The lowest BCUT2D eigenvalue weighted by Gasteiger charge is -2.44. The summed E-state index contributed by atoms with van der Waals surface area (Å²) in [4.78, 5) is 0. The molecule has 4 aromatic carbocycles. The third-order valence-corrected chi connectivity index (χ3v) is 7.56. The minimum Gasteiger partial charge on any atom is -0.374 e. The Morgan fingerprint density at radius 2 is 0.850 bits per heavy atom. The van der Waals surface area contributed by atoms with Crippen molar-refractivity contribution in [2.45, 2.75) is 55.9 Å². The van der Waals surface area contributed by atoms with E-state index >= 15 is 0 Å². The highest BCUT2D eigenvalue weighted by molar-refractivity contribution is 9.09. The lowest BCUT2D eigenvalue weighted by Crippen LogP contribution is -2.59. The van der Waals surface area contributed by atoms with E-state index in [0.29, 0.717) is 33.0 Å². The van der Waals surface area contributed by atoms with Crippen LogP contribution in [-0.2, 0) is 50.1 Å². The standard InChI is InChI=1S/C34H35BrO5/c35-34-33(39-24-29-19-11-4-12-20-29)32(38-23-28-17-9-3-10-18-28)31(37-22-27-15-7-2-8-16-27)30(40-34)25-36-21-26-13-5-1-6-14-26/h1-20,30-34H,21-25H2/t30?,31-,32-,33?,34?/m1/s1. The van der Waals surface area contributed by atoms with E-state index in [0.717, 1.165) is 22.3 Å². The zero-order chi connectivity index (χ0) is 27.4. The highest BCUT2D eigenvalue weighted by Crippen LogP contribution is 2.33.